The number of amides is 1. The van der Waals surface area contributed by atoms with Gasteiger partial charge in [0.2, 0.25) is 11.0 Å². The third kappa shape index (κ3) is 4.77. The summed E-state index contributed by atoms with van der Waals surface area (Å²) < 4.78 is 27.1. The van der Waals surface area contributed by atoms with Crippen molar-refractivity contribution >= 4 is 45.5 Å². The van der Waals surface area contributed by atoms with Crippen molar-refractivity contribution < 1.29 is 13.6 Å². The summed E-state index contributed by atoms with van der Waals surface area (Å²) in [5.41, 5.74) is 0.824. The summed E-state index contributed by atoms with van der Waals surface area (Å²) >= 11 is 2.52. The zero-order chi connectivity index (χ0) is 18.5. The number of thioether (sulfide) groups is 1. The van der Waals surface area contributed by atoms with Crippen LogP contribution in [0.5, 0.6) is 0 Å². The fraction of sp³-hybridized carbons (Fsp3) is 0.118. The Labute approximate surface area is 156 Å². The van der Waals surface area contributed by atoms with Crippen molar-refractivity contribution in [2.75, 3.05) is 10.6 Å². The Morgan fingerprint density at radius 1 is 1.15 bits per heavy atom. The molecule has 2 N–H and O–H groups in total. The number of anilines is 3. The molecule has 0 bridgehead atoms. The lowest BCUT2D eigenvalue weighted by atomic mass is 10.3. The van der Waals surface area contributed by atoms with E-state index in [4.69, 9.17) is 0 Å². The molecule has 0 aliphatic rings. The Bertz CT molecular complexity index is 905. The molecule has 5 nitrogen and oxygen atoms in total. The number of carbonyl (C=O) groups excluding carboxylic acids is 1. The van der Waals surface area contributed by atoms with Crippen molar-refractivity contribution in [2.45, 2.75) is 16.5 Å². The van der Waals surface area contributed by atoms with E-state index in [1.807, 2.05) is 30.3 Å². The van der Waals surface area contributed by atoms with Crippen molar-refractivity contribution in [3.05, 3.63) is 60.2 Å². The smallest absolute Gasteiger partial charge is 0.237 e. The second-order valence-corrected chi connectivity index (χ2v) is 7.80. The van der Waals surface area contributed by atoms with E-state index in [-0.39, 0.29) is 5.69 Å². The molecule has 1 heterocycles. The molecule has 0 fully saturated rings. The van der Waals surface area contributed by atoms with Gasteiger partial charge in [0, 0.05) is 11.8 Å². The van der Waals surface area contributed by atoms with E-state index < -0.39 is 22.8 Å². The molecule has 3 aromatic rings. The number of aromatic nitrogens is 2. The third-order valence-electron chi connectivity index (χ3n) is 3.27. The third-order valence-corrected chi connectivity index (χ3v) is 5.29. The van der Waals surface area contributed by atoms with Gasteiger partial charge in [-0.1, -0.05) is 41.3 Å². The summed E-state index contributed by atoms with van der Waals surface area (Å²) in [6, 6.07) is 12.5. The summed E-state index contributed by atoms with van der Waals surface area (Å²) in [7, 11) is 0. The molecule has 0 saturated heterocycles. The minimum Gasteiger partial charge on any atom is -0.330 e. The highest BCUT2D eigenvalue weighted by atomic mass is 32.2. The molecule has 0 aliphatic carbocycles. The summed E-state index contributed by atoms with van der Waals surface area (Å²) in [6.45, 7) is 1.67. The lowest BCUT2D eigenvalue weighted by Gasteiger charge is -2.10. The standard InChI is InChI=1S/C17H14F2N4OS2/c1-10(15(24)21-14-8-7-11(18)9-13(14)19)25-17-23-22-16(26-17)20-12-5-3-2-4-6-12/h2-10H,1H3,(H,20,22)(H,21,24). The average molecular weight is 392 g/mol. The number of hydrogen-bond acceptors (Lipinski definition) is 6. The number of nitrogens with one attached hydrogen (secondary N) is 2. The number of benzene rings is 2. The Morgan fingerprint density at radius 2 is 1.92 bits per heavy atom. The van der Waals surface area contributed by atoms with Gasteiger partial charge in [-0.25, -0.2) is 8.78 Å². The van der Waals surface area contributed by atoms with Gasteiger partial charge in [0.15, 0.2) is 4.34 Å². The number of hydrogen-bond donors (Lipinski definition) is 2. The predicted molar refractivity (Wildman–Crippen MR) is 99.9 cm³/mol. The lowest BCUT2D eigenvalue weighted by Crippen LogP contribution is -2.22. The van der Waals surface area contributed by atoms with Crippen LogP contribution in [-0.4, -0.2) is 21.4 Å². The number of para-hydroxylation sites is 1. The van der Waals surface area contributed by atoms with Gasteiger partial charge >= 0.3 is 0 Å². The molecule has 1 amide bonds. The second kappa shape index (κ2) is 8.24. The molecule has 0 saturated carbocycles. The maximum atomic E-state index is 13.6. The van der Waals surface area contributed by atoms with Crippen LogP contribution in [0, 0.1) is 11.6 Å². The minimum absolute atomic E-state index is 0.0625. The molecule has 134 valence electrons. The van der Waals surface area contributed by atoms with E-state index >= 15 is 0 Å². The molecule has 26 heavy (non-hydrogen) atoms. The van der Waals surface area contributed by atoms with Crippen LogP contribution < -0.4 is 10.6 Å². The Kier molecular flexibility index (Phi) is 5.79. The van der Waals surface area contributed by atoms with Gasteiger partial charge in [-0.2, -0.15) is 0 Å². The second-order valence-electron chi connectivity index (χ2n) is 5.24. The first kappa shape index (κ1) is 18.3. The summed E-state index contributed by atoms with van der Waals surface area (Å²) in [4.78, 5) is 12.2. The zero-order valence-corrected chi connectivity index (χ0v) is 15.2. The summed E-state index contributed by atoms with van der Waals surface area (Å²) in [5, 5.41) is 13.7. The van der Waals surface area contributed by atoms with Crippen LogP contribution in [0.25, 0.3) is 0 Å². The quantitative estimate of drug-likeness (QED) is 0.596. The topological polar surface area (TPSA) is 66.9 Å². The normalized spacial score (nSPS) is 11.8. The van der Waals surface area contributed by atoms with Gasteiger partial charge in [0.05, 0.1) is 10.9 Å². The van der Waals surface area contributed by atoms with Crippen molar-refractivity contribution in [1.29, 1.82) is 0 Å². The fourth-order valence-corrected chi connectivity index (χ4v) is 3.90. The maximum Gasteiger partial charge on any atom is 0.237 e. The molecular formula is C17H14F2N4OS2. The van der Waals surface area contributed by atoms with E-state index in [9.17, 15) is 13.6 Å². The molecule has 9 heteroatoms. The first-order valence-electron chi connectivity index (χ1n) is 7.59. The SMILES string of the molecule is CC(Sc1nnc(Nc2ccccc2)s1)C(=O)Nc1ccc(F)cc1F. The number of rotatable bonds is 6. The van der Waals surface area contributed by atoms with E-state index in [0.717, 1.165) is 17.8 Å². The first-order chi connectivity index (χ1) is 12.5. The molecule has 1 atom stereocenters. The highest BCUT2D eigenvalue weighted by molar-refractivity contribution is 8.02. The van der Waals surface area contributed by atoms with Crippen molar-refractivity contribution in [3.63, 3.8) is 0 Å². The fourth-order valence-electron chi connectivity index (χ4n) is 1.98. The van der Waals surface area contributed by atoms with Gasteiger partial charge in [0.1, 0.15) is 11.6 Å². The van der Waals surface area contributed by atoms with Crippen LogP contribution >= 0.6 is 23.1 Å². The van der Waals surface area contributed by atoms with E-state index in [0.29, 0.717) is 9.47 Å². The van der Waals surface area contributed by atoms with Crippen LogP contribution in [-0.2, 0) is 4.79 Å². The van der Waals surface area contributed by atoms with Crippen molar-refractivity contribution in [2.24, 2.45) is 0 Å². The molecule has 0 spiro atoms. The molecule has 0 aliphatic heterocycles. The summed E-state index contributed by atoms with van der Waals surface area (Å²) in [5.74, 6) is -1.93. The molecule has 1 aromatic heterocycles. The predicted octanol–water partition coefficient (Wildman–Crippen LogP) is 4.68. The van der Waals surface area contributed by atoms with Crippen LogP contribution in [0.1, 0.15) is 6.92 Å². The van der Waals surface area contributed by atoms with Crippen LogP contribution in [0.15, 0.2) is 52.9 Å². The summed E-state index contributed by atoms with van der Waals surface area (Å²) in [6.07, 6.45) is 0. The minimum atomic E-state index is -0.819. The average Bonchev–Trinajstić information content (AvgIpc) is 3.05. The molecule has 0 radical (unpaired) electrons. The van der Waals surface area contributed by atoms with Crippen LogP contribution in [0.4, 0.5) is 25.3 Å². The van der Waals surface area contributed by atoms with E-state index in [2.05, 4.69) is 20.8 Å². The molecule has 2 aromatic carbocycles. The van der Waals surface area contributed by atoms with Gasteiger partial charge in [-0.05, 0) is 31.2 Å². The van der Waals surface area contributed by atoms with Crippen molar-refractivity contribution in [3.8, 4) is 0 Å². The first-order valence-corrected chi connectivity index (χ1v) is 9.29. The molecular weight excluding hydrogens is 378 g/mol. The van der Waals surface area contributed by atoms with Crippen LogP contribution in [0.3, 0.4) is 0 Å². The number of nitrogens with zero attached hydrogens (tertiary/aromatic N) is 2. The molecule has 3 rings (SSSR count). The maximum absolute atomic E-state index is 13.6. The Hall–Kier alpha value is -2.52. The van der Waals surface area contributed by atoms with E-state index in [1.54, 1.807) is 6.92 Å². The largest absolute Gasteiger partial charge is 0.330 e. The number of halogens is 2. The van der Waals surface area contributed by atoms with E-state index in [1.165, 1.54) is 29.2 Å². The Morgan fingerprint density at radius 3 is 2.65 bits per heavy atom. The monoisotopic (exact) mass is 392 g/mol. The molecule has 1 unspecified atom stereocenters. The lowest BCUT2D eigenvalue weighted by molar-refractivity contribution is -0.115. The van der Waals surface area contributed by atoms with Gasteiger partial charge in [-0.3, -0.25) is 4.79 Å². The number of carbonyl (C=O) groups is 1. The van der Waals surface area contributed by atoms with Gasteiger partial charge in [-0.15, -0.1) is 10.2 Å². The Balaban J connectivity index is 1.59. The van der Waals surface area contributed by atoms with Crippen molar-refractivity contribution in [1.82, 2.24) is 10.2 Å². The highest BCUT2D eigenvalue weighted by Crippen LogP contribution is 2.31. The highest BCUT2D eigenvalue weighted by Gasteiger charge is 2.18. The van der Waals surface area contributed by atoms with Gasteiger partial charge < -0.3 is 10.6 Å². The van der Waals surface area contributed by atoms with Crippen LogP contribution in [0.2, 0.25) is 0 Å². The zero-order valence-electron chi connectivity index (χ0n) is 13.6. The van der Waals surface area contributed by atoms with Gasteiger partial charge in [0.25, 0.3) is 0 Å².